The topological polar surface area (TPSA) is 68.0 Å². The fourth-order valence-corrected chi connectivity index (χ4v) is 2.69. The van der Waals surface area contributed by atoms with Crippen molar-refractivity contribution in [2.45, 2.75) is 19.0 Å². The average Bonchev–Trinajstić information content (AvgIpc) is 3.15. The molecule has 0 aliphatic carbocycles. The number of halogens is 4. The zero-order valence-electron chi connectivity index (χ0n) is 14.6. The summed E-state index contributed by atoms with van der Waals surface area (Å²) >= 11 is 5.71. The van der Waals surface area contributed by atoms with Crippen molar-refractivity contribution in [3.8, 4) is 11.4 Å². The predicted molar refractivity (Wildman–Crippen MR) is 96.9 cm³/mol. The number of carbonyl (C=O) groups excluding carboxylic acids is 1. The molecule has 1 heterocycles. The molecule has 3 rings (SSSR count). The lowest BCUT2D eigenvalue weighted by Crippen LogP contribution is -2.28. The second kappa shape index (κ2) is 8.02. The molecule has 1 unspecified atom stereocenters. The first-order valence-electron chi connectivity index (χ1n) is 8.29. The molecule has 0 radical (unpaired) electrons. The van der Waals surface area contributed by atoms with Crippen molar-refractivity contribution in [2.24, 2.45) is 0 Å². The number of benzene rings is 2. The van der Waals surface area contributed by atoms with Gasteiger partial charge in [-0.15, -0.1) is 0 Å². The minimum absolute atomic E-state index is 0.100. The number of aromatic nitrogens is 2. The van der Waals surface area contributed by atoms with Gasteiger partial charge in [0.25, 0.3) is 5.91 Å². The Hall–Kier alpha value is -2.87. The third-order valence-corrected chi connectivity index (χ3v) is 4.17. The van der Waals surface area contributed by atoms with Crippen molar-refractivity contribution in [1.82, 2.24) is 15.5 Å². The van der Waals surface area contributed by atoms with Gasteiger partial charge in [-0.25, -0.2) is 0 Å². The van der Waals surface area contributed by atoms with Crippen LogP contribution in [-0.2, 0) is 6.18 Å². The van der Waals surface area contributed by atoms with Gasteiger partial charge in [-0.05, 0) is 18.2 Å². The van der Waals surface area contributed by atoms with Crippen LogP contribution in [0.25, 0.3) is 11.4 Å². The fraction of sp³-hybridized carbons (Fsp3) is 0.211. The van der Waals surface area contributed by atoms with Gasteiger partial charge in [0.1, 0.15) is 0 Å². The van der Waals surface area contributed by atoms with Crippen molar-refractivity contribution in [3.05, 3.63) is 70.6 Å². The third-order valence-electron chi connectivity index (χ3n) is 3.95. The number of carbonyl (C=O) groups is 1. The Labute approximate surface area is 163 Å². The molecule has 0 bridgehead atoms. The van der Waals surface area contributed by atoms with Gasteiger partial charge < -0.3 is 9.84 Å². The van der Waals surface area contributed by atoms with Crippen LogP contribution < -0.4 is 5.32 Å². The van der Waals surface area contributed by atoms with E-state index in [0.29, 0.717) is 11.7 Å². The summed E-state index contributed by atoms with van der Waals surface area (Å²) in [6, 6.07) is 11.9. The van der Waals surface area contributed by atoms with Crippen molar-refractivity contribution >= 4 is 17.5 Å². The monoisotopic (exact) mass is 409 g/mol. The Balaban J connectivity index is 1.67. The summed E-state index contributed by atoms with van der Waals surface area (Å²) < 4.78 is 43.8. The minimum atomic E-state index is -4.59. The second-order valence-corrected chi connectivity index (χ2v) is 6.60. The lowest BCUT2D eigenvalue weighted by molar-refractivity contribution is -0.137. The Morgan fingerprint density at radius 3 is 2.61 bits per heavy atom. The first kappa shape index (κ1) is 19.9. The summed E-state index contributed by atoms with van der Waals surface area (Å²) in [5.74, 6) is -0.294. The van der Waals surface area contributed by atoms with Gasteiger partial charge in [-0.2, -0.15) is 18.2 Å². The van der Waals surface area contributed by atoms with E-state index in [1.54, 1.807) is 6.92 Å². The highest BCUT2D eigenvalue weighted by Gasteiger charge is 2.31. The van der Waals surface area contributed by atoms with Crippen LogP contribution in [0.1, 0.15) is 34.7 Å². The highest BCUT2D eigenvalue weighted by molar-refractivity contribution is 6.31. The van der Waals surface area contributed by atoms with Gasteiger partial charge in [-0.1, -0.05) is 54.0 Å². The van der Waals surface area contributed by atoms with Crippen LogP contribution in [0.15, 0.2) is 53.1 Å². The molecule has 0 saturated carbocycles. The number of rotatable bonds is 5. The lowest BCUT2D eigenvalue weighted by Gasteiger charge is -2.11. The van der Waals surface area contributed by atoms with E-state index in [1.165, 1.54) is 6.07 Å². The average molecular weight is 410 g/mol. The van der Waals surface area contributed by atoms with Crippen LogP contribution in [0.5, 0.6) is 0 Å². The van der Waals surface area contributed by atoms with Gasteiger partial charge in [0.15, 0.2) is 0 Å². The Morgan fingerprint density at radius 2 is 1.93 bits per heavy atom. The predicted octanol–water partition coefficient (Wildman–Crippen LogP) is 4.94. The van der Waals surface area contributed by atoms with Crippen LogP contribution in [-0.4, -0.2) is 22.6 Å². The molecule has 146 valence electrons. The lowest BCUT2D eigenvalue weighted by atomic mass is 10.1. The first-order chi connectivity index (χ1) is 13.2. The molecule has 1 atom stereocenters. The van der Waals surface area contributed by atoms with E-state index in [0.717, 1.165) is 17.7 Å². The molecule has 0 fully saturated rings. The number of hydrogen-bond acceptors (Lipinski definition) is 4. The third kappa shape index (κ3) is 4.69. The molecule has 2 aromatic carbocycles. The summed E-state index contributed by atoms with van der Waals surface area (Å²) in [5.41, 5.74) is -0.377. The zero-order chi connectivity index (χ0) is 20.3. The highest BCUT2D eigenvalue weighted by Crippen LogP contribution is 2.32. The number of hydrogen-bond donors (Lipinski definition) is 1. The molecule has 9 heteroatoms. The van der Waals surface area contributed by atoms with E-state index in [9.17, 15) is 18.0 Å². The Bertz CT molecular complexity index is 974. The summed E-state index contributed by atoms with van der Waals surface area (Å²) in [4.78, 5) is 16.5. The van der Waals surface area contributed by atoms with E-state index in [1.807, 2.05) is 30.3 Å². The molecule has 1 aromatic heterocycles. The molecule has 0 spiro atoms. The molecule has 0 saturated heterocycles. The van der Waals surface area contributed by atoms with E-state index >= 15 is 0 Å². The van der Waals surface area contributed by atoms with Crippen LogP contribution >= 0.6 is 11.6 Å². The van der Waals surface area contributed by atoms with Gasteiger partial charge in [0.2, 0.25) is 11.7 Å². The summed E-state index contributed by atoms with van der Waals surface area (Å²) in [6.45, 7) is 1.85. The van der Waals surface area contributed by atoms with Crippen molar-refractivity contribution in [1.29, 1.82) is 0 Å². The molecule has 3 aromatic rings. The number of amides is 1. The number of nitrogens with zero attached hydrogens (tertiary/aromatic N) is 2. The van der Waals surface area contributed by atoms with E-state index < -0.39 is 17.6 Å². The van der Waals surface area contributed by atoms with Crippen LogP contribution in [0.4, 0.5) is 13.2 Å². The van der Waals surface area contributed by atoms with Gasteiger partial charge in [0.05, 0.1) is 11.5 Å². The van der Waals surface area contributed by atoms with Crippen LogP contribution in [0.2, 0.25) is 5.02 Å². The van der Waals surface area contributed by atoms with E-state index in [4.69, 9.17) is 16.1 Å². The smallest absolute Gasteiger partial charge is 0.351 e. The summed E-state index contributed by atoms with van der Waals surface area (Å²) in [7, 11) is 0. The molecule has 0 aliphatic rings. The SMILES string of the molecule is CC(CNC(=O)c1cc(Cl)cc(C(F)(F)F)c1)c1nc(-c2ccccc2)no1. The quantitative estimate of drug-likeness (QED) is 0.648. The van der Waals surface area contributed by atoms with Crippen LogP contribution in [0.3, 0.4) is 0 Å². The highest BCUT2D eigenvalue weighted by atomic mass is 35.5. The van der Waals surface area contributed by atoms with Gasteiger partial charge in [-0.3, -0.25) is 4.79 Å². The molecule has 0 aliphatic heterocycles. The van der Waals surface area contributed by atoms with Gasteiger partial charge in [0, 0.05) is 22.7 Å². The molecule has 5 nitrogen and oxygen atoms in total. The number of alkyl halides is 3. The molecule has 1 amide bonds. The van der Waals surface area contributed by atoms with Gasteiger partial charge >= 0.3 is 6.18 Å². The fourth-order valence-electron chi connectivity index (χ4n) is 2.46. The maximum Gasteiger partial charge on any atom is 0.416 e. The Morgan fingerprint density at radius 1 is 1.21 bits per heavy atom. The molecule has 28 heavy (non-hydrogen) atoms. The minimum Gasteiger partial charge on any atom is -0.351 e. The summed E-state index contributed by atoms with van der Waals surface area (Å²) in [6.07, 6.45) is -4.59. The zero-order valence-corrected chi connectivity index (χ0v) is 15.4. The second-order valence-electron chi connectivity index (χ2n) is 6.16. The molecular formula is C19H15ClF3N3O2. The standard InChI is InChI=1S/C19H15ClF3N3O2/c1-11(18-25-16(26-28-18)12-5-3-2-4-6-12)10-24-17(27)13-7-14(19(21,22)23)9-15(20)8-13/h2-9,11H,10H2,1H3,(H,24,27). The normalized spacial score (nSPS) is 12.6. The van der Waals surface area contributed by atoms with E-state index in [2.05, 4.69) is 15.5 Å². The van der Waals surface area contributed by atoms with Crippen molar-refractivity contribution in [2.75, 3.05) is 6.54 Å². The maximum absolute atomic E-state index is 12.9. The molecule has 1 N–H and O–H groups in total. The number of nitrogens with one attached hydrogen (secondary N) is 1. The largest absolute Gasteiger partial charge is 0.416 e. The van der Waals surface area contributed by atoms with E-state index in [-0.39, 0.29) is 23.0 Å². The first-order valence-corrected chi connectivity index (χ1v) is 8.67. The van der Waals surface area contributed by atoms with Crippen LogP contribution in [0, 0.1) is 0 Å². The maximum atomic E-state index is 12.9. The molecular weight excluding hydrogens is 395 g/mol. The van der Waals surface area contributed by atoms with Crippen molar-refractivity contribution < 1.29 is 22.5 Å². The Kier molecular flexibility index (Phi) is 5.69. The van der Waals surface area contributed by atoms with Crippen molar-refractivity contribution in [3.63, 3.8) is 0 Å². The summed E-state index contributed by atoms with van der Waals surface area (Å²) in [5, 5.41) is 6.29.